The second kappa shape index (κ2) is 5.36. The number of anilines is 2. The maximum absolute atomic E-state index is 5.83. The van der Waals surface area contributed by atoms with Crippen molar-refractivity contribution in [3.05, 3.63) is 54.1 Å². The Labute approximate surface area is 108 Å². The molecule has 2 rings (SSSR count). The number of hydrogen-bond donors (Lipinski definition) is 1. The average Bonchev–Trinajstić information content (AvgIpc) is 2.38. The van der Waals surface area contributed by atoms with E-state index in [0.29, 0.717) is 5.69 Å². The highest BCUT2D eigenvalue weighted by atomic mass is 15.1. The molecule has 2 N–H and O–H groups in total. The first-order valence-corrected chi connectivity index (χ1v) is 5.83. The number of para-hydroxylation sites is 2. The fourth-order valence-corrected chi connectivity index (χ4v) is 1.61. The predicted molar refractivity (Wildman–Crippen MR) is 78.9 cm³/mol. The molecule has 0 unspecified atom stereocenters. The summed E-state index contributed by atoms with van der Waals surface area (Å²) in [7, 11) is 4.04. The molecule has 0 heterocycles. The molecule has 2 aromatic rings. The molecule has 0 aromatic heterocycles. The minimum Gasteiger partial charge on any atom is -0.397 e. The lowest BCUT2D eigenvalue weighted by atomic mass is 10.2. The number of rotatable bonds is 3. The fraction of sp³-hybridized carbons (Fsp3) is 0.133. The van der Waals surface area contributed by atoms with E-state index in [1.807, 2.05) is 56.7 Å². The highest BCUT2D eigenvalue weighted by Gasteiger charge is 1.95. The molecule has 0 bridgehead atoms. The molecular weight excluding hydrogens is 222 g/mol. The number of nitrogens with zero attached hydrogens (tertiary/aromatic N) is 2. The first kappa shape index (κ1) is 12.2. The average molecular weight is 239 g/mol. The first-order chi connectivity index (χ1) is 8.66. The molecule has 0 fully saturated rings. The minimum atomic E-state index is 0.693. The van der Waals surface area contributed by atoms with Crippen LogP contribution >= 0.6 is 0 Å². The summed E-state index contributed by atoms with van der Waals surface area (Å²) in [5.41, 5.74) is 9.55. The van der Waals surface area contributed by atoms with Gasteiger partial charge in [-0.1, -0.05) is 24.3 Å². The predicted octanol–water partition coefficient (Wildman–Crippen LogP) is 3.09. The molecule has 2 aromatic carbocycles. The van der Waals surface area contributed by atoms with Crippen LogP contribution in [-0.4, -0.2) is 20.3 Å². The maximum Gasteiger partial charge on any atom is 0.0859 e. The number of nitrogens with two attached hydrogens (primary N) is 1. The van der Waals surface area contributed by atoms with Gasteiger partial charge in [-0.2, -0.15) is 0 Å². The van der Waals surface area contributed by atoms with Crippen LogP contribution in [0, 0.1) is 0 Å². The van der Waals surface area contributed by atoms with Crippen molar-refractivity contribution in [3.63, 3.8) is 0 Å². The van der Waals surface area contributed by atoms with E-state index in [9.17, 15) is 0 Å². The second-order valence-electron chi connectivity index (χ2n) is 4.30. The zero-order valence-electron chi connectivity index (χ0n) is 10.7. The van der Waals surface area contributed by atoms with Gasteiger partial charge in [0.2, 0.25) is 0 Å². The van der Waals surface area contributed by atoms with E-state index in [1.165, 1.54) is 5.69 Å². The van der Waals surface area contributed by atoms with Crippen LogP contribution in [-0.2, 0) is 0 Å². The lowest BCUT2D eigenvalue weighted by Gasteiger charge is -2.11. The molecule has 0 aliphatic rings. The first-order valence-electron chi connectivity index (χ1n) is 5.83. The van der Waals surface area contributed by atoms with Gasteiger partial charge in [0.25, 0.3) is 0 Å². The molecule has 0 amide bonds. The Morgan fingerprint density at radius 2 is 1.67 bits per heavy atom. The SMILES string of the molecule is CN(C)c1ccc(C=Nc2ccccc2N)cc1. The summed E-state index contributed by atoms with van der Waals surface area (Å²) in [6.07, 6.45) is 1.82. The molecule has 3 heteroatoms. The van der Waals surface area contributed by atoms with Crippen LogP contribution in [0.15, 0.2) is 53.5 Å². The van der Waals surface area contributed by atoms with Crippen molar-refractivity contribution in [1.82, 2.24) is 0 Å². The van der Waals surface area contributed by atoms with E-state index < -0.39 is 0 Å². The van der Waals surface area contributed by atoms with Crippen molar-refractivity contribution >= 4 is 23.3 Å². The Bertz CT molecular complexity index is 542. The lowest BCUT2D eigenvalue weighted by molar-refractivity contribution is 1.13. The van der Waals surface area contributed by atoms with Gasteiger partial charge in [0, 0.05) is 26.0 Å². The largest absolute Gasteiger partial charge is 0.397 e. The number of hydrogen-bond acceptors (Lipinski definition) is 3. The number of aliphatic imine (C=N–C) groups is 1. The topological polar surface area (TPSA) is 41.6 Å². The van der Waals surface area contributed by atoms with Gasteiger partial charge in [-0.3, -0.25) is 4.99 Å². The van der Waals surface area contributed by atoms with Gasteiger partial charge in [0.1, 0.15) is 0 Å². The maximum atomic E-state index is 5.83. The molecule has 0 radical (unpaired) electrons. The Balaban J connectivity index is 2.17. The summed E-state index contributed by atoms with van der Waals surface area (Å²) in [4.78, 5) is 6.45. The normalized spacial score (nSPS) is 10.8. The lowest BCUT2D eigenvalue weighted by Crippen LogP contribution is -2.08. The van der Waals surface area contributed by atoms with Crippen LogP contribution in [0.5, 0.6) is 0 Å². The quantitative estimate of drug-likeness (QED) is 0.660. The van der Waals surface area contributed by atoms with Crippen molar-refractivity contribution in [2.75, 3.05) is 24.7 Å². The van der Waals surface area contributed by atoms with Gasteiger partial charge in [-0.05, 0) is 29.8 Å². The summed E-state index contributed by atoms with van der Waals surface area (Å²) in [5, 5.41) is 0. The zero-order valence-corrected chi connectivity index (χ0v) is 10.7. The van der Waals surface area contributed by atoms with Gasteiger partial charge < -0.3 is 10.6 Å². The number of nitrogen functional groups attached to an aromatic ring is 1. The molecule has 0 saturated carbocycles. The van der Waals surface area contributed by atoms with Crippen molar-refractivity contribution < 1.29 is 0 Å². The van der Waals surface area contributed by atoms with E-state index in [1.54, 1.807) is 0 Å². The third kappa shape index (κ3) is 2.88. The molecule has 92 valence electrons. The molecule has 0 atom stereocenters. The smallest absolute Gasteiger partial charge is 0.0859 e. The van der Waals surface area contributed by atoms with Crippen LogP contribution in [0.4, 0.5) is 17.1 Å². The Morgan fingerprint density at radius 3 is 2.28 bits per heavy atom. The minimum absolute atomic E-state index is 0.693. The van der Waals surface area contributed by atoms with E-state index in [2.05, 4.69) is 22.0 Å². The monoisotopic (exact) mass is 239 g/mol. The Morgan fingerprint density at radius 1 is 1.00 bits per heavy atom. The Kier molecular flexibility index (Phi) is 3.63. The fourth-order valence-electron chi connectivity index (χ4n) is 1.61. The van der Waals surface area contributed by atoms with Crippen molar-refractivity contribution in [1.29, 1.82) is 0 Å². The summed E-state index contributed by atoms with van der Waals surface area (Å²) in [5.74, 6) is 0. The molecule has 18 heavy (non-hydrogen) atoms. The summed E-state index contributed by atoms with van der Waals surface area (Å²) in [6, 6.07) is 15.8. The molecule has 0 saturated heterocycles. The zero-order chi connectivity index (χ0) is 13.0. The van der Waals surface area contributed by atoms with Gasteiger partial charge >= 0.3 is 0 Å². The van der Waals surface area contributed by atoms with Crippen LogP contribution in [0.2, 0.25) is 0 Å². The third-order valence-corrected chi connectivity index (χ3v) is 2.70. The molecular formula is C15H17N3. The van der Waals surface area contributed by atoms with Crippen molar-refractivity contribution in [2.45, 2.75) is 0 Å². The number of benzene rings is 2. The van der Waals surface area contributed by atoms with Crippen molar-refractivity contribution in [2.24, 2.45) is 4.99 Å². The summed E-state index contributed by atoms with van der Waals surface area (Å²) in [6.45, 7) is 0. The molecule has 0 aliphatic carbocycles. The highest BCUT2D eigenvalue weighted by molar-refractivity contribution is 5.84. The van der Waals surface area contributed by atoms with E-state index in [0.717, 1.165) is 11.3 Å². The molecule has 0 aliphatic heterocycles. The van der Waals surface area contributed by atoms with Gasteiger partial charge in [0.15, 0.2) is 0 Å². The van der Waals surface area contributed by atoms with E-state index >= 15 is 0 Å². The summed E-state index contributed by atoms with van der Waals surface area (Å²) < 4.78 is 0. The Hall–Kier alpha value is -2.29. The second-order valence-corrected chi connectivity index (χ2v) is 4.30. The van der Waals surface area contributed by atoms with E-state index in [-0.39, 0.29) is 0 Å². The third-order valence-electron chi connectivity index (χ3n) is 2.70. The van der Waals surface area contributed by atoms with Crippen LogP contribution in [0.25, 0.3) is 0 Å². The van der Waals surface area contributed by atoms with Gasteiger partial charge in [0.05, 0.1) is 11.4 Å². The van der Waals surface area contributed by atoms with Crippen LogP contribution in [0.3, 0.4) is 0 Å². The highest BCUT2D eigenvalue weighted by Crippen LogP contribution is 2.20. The van der Waals surface area contributed by atoms with Gasteiger partial charge in [-0.15, -0.1) is 0 Å². The van der Waals surface area contributed by atoms with Crippen LogP contribution in [0.1, 0.15) is 5.56 Å². The van der Waals surface area contributed by atoms with E-state index in [4.69, 9.17) is 5.73 Å². The molecule has 3 nitrogen and oxygen atoms in total. The van der Waals surface area contributed by atoms with Crippen molar-refractivity contribution in [3.8, 4) is 0 Å². The standard InChI is InChI=1S/C15H17N3/c1-18(2)13-9-7-12(8-10-13)11-17-15-6-4-3-5-14(15)16/h3-11H,16H2,1-2H3. The summed E-state index contributed by atoms with van der Waals surface area (Å²) >= 11 is 0. The molecule has 0 spiro atoms. The van der Waals surface area contributed by atoms with Gasteiger partial charge in [-0.25, -0.2) is 0 Å². The van der Waals surface area contributed by atoms with Crippen LogP contribution < -0.4 is 10.6 Å².